The lowest BCUT2D eigenvalue weighted by Gasteiger charge is -2.08. The van der Waals surface area contributed by atoms with Crippen LogP contribution in [0.3, 0.4) is 0 Å². The van der Waals surface area contributed by atoms with E-state index in [1.807, 2.05) is 54.1 Å². The second-order valence-electron chi connectivity index (χ2n) is 5.26. The highest BCUT2D eigenvalue weighted by Crippen LogP contribution is 2.33. The summed E-state index contributed by atoms with van der Waals surface area (Å²) in [5.74, 6) is 1.13. The highest BCUT2D eigenvalue weighted by Gasteiger charge is 2.14. The predicted octanol–water partition coefficient (Wildman–Crippen LogP) is 4.80. The predicted molar refractivity (Wildman–Crippen MR) is 107 cm³/mol. The summed E-state index contributed by atoms with van der Waals surface area (Å²) >= 11 is 2.92. The van der Waals surface area contributed by atoms with Crippen LogP contribution in [-0.2, 0) is 0 Å². The molecule has 134 valence electrons. The summed E-state index contributed by atoms with van der Waals surface area (Å²) < 4.78 is 10.6. The van der Waals surface area contributed by atoms with Crippen LogP contribution in [0.25, 0.3) is 11.3 Å². The molecule has 0 radical (unpaired) electrons. The van der Waals surface area contributed by atoms with Crippen molar-refractivity contribution in [1.82, 2.24) is 4.98 Å². The molecule has 7 heteroatoms. The molecule has 0 saturated heterocycles. The Kier molecular flexibility index (Phi) is 5.80. The Labute approximate surface area is 160 Å². The Hall–Kier alpha value is -2.51. The van der Waals surface area contributed by atoms with Crippen LogP contribution in [-0.4, -0.2) is 31.4 Å². The first-order valence-electron chi connectivity index (χ1n) is 7.78. The molecule has 1 heterocycles. The number of amides is 1. The zero-order valence-corrected chi connectivity index (χ0v) is 16.2. The number of nitrogens with zero attached hydrogens (tertiary/aromatic N) is 1. The standard InChI is InChI=1S/C19H18N2O3S2/c1-23-15-9-8-12(10-16(15)24-2)14-11-26-19(20-14)21-18(22)13-6-4-5-7-17(13)25-3/h4-11H,1-3H3,(H,20,21,22). The second-order valence-corrected chi connectivity index (χ2v) is 6.97. The van der Waals surface area contributed by atoms with Gasteiger partial charge in [0.15, 0.2) is 16.6 Å². The Morgan fingerprint density at radius 1 is 1.12 bits per heavy atom. The van der Waals surface area contributed by atoms with Crippen molar-refractivity contribution in [2.45, 2.75) is 4.90 Å². The van der Waals surface area contributed by atoms with Crippen LogP contribution < -0.4 is 14.8 Å². The Bertz CT molecular complexity index is 925. The SMILES string of the molecule is COc1ccc(-c2csc(NC(=O)c3ccccc3SC)n2)cc1OC. The first-order valence-corrected chi connectivity index (χ1v) is 9.89. The number of aromatic nitrogens is 1. The van der Waals surface area contributed by atoms with Gasteiger partial charge in [-0.2, -0.15) is 0 Å². The van der Waals surface area contributed by atoms with E-state index in [0.717, 1.165) is 16.2 Å². The van der Waals surface area contributed by atoms with Gasteiger partial charge in [-0.3, -0.25) is 10.1 Å². The molecule has 3 rings (SSSR count). The minimum atomic E-state index is -0.164. The van der Waals surface area contributed by atoms with Crippen LogP contribution in [0.2, 0.25) is 0 Å². The van der Waals surface area contributed by atoms with Gasteiger partial charge in [0.05, 0.1) is 25.5 Å². The van der Waals surface area contributed by atoms with E-state index in [9.17, 15) is 4.79 Å². The zero-order valence-electron chi connectivity index (χ0n) is 14.6. The quantitative estimate of drug-likeness (QED) is 0.617. The van der Waals surface area contributed by atoms with Crippen molar-refractivity contribution in [3.63, 3.8) is 0 Å². The van der Waals surface area contributed by atoms with Crippen LogP contribution in [0.4, 0.5) is 5.13 Å². The van der Waals surface area contributed by atoms with Crippen LogP contribution >= 0.6 is 23.1 Å². The number of ether oxygens (including phenoxy) is 2. The van der Waals surface area contributed by atoms with Gasteiger partial charge in [-0.1, -0.05) is 12.1 Å². The fraction of sp³-hybridized carbons (Fsp3) is 0.158. The van der Waals surface area contributed by atoms with Gasteiger partial charge in [0.1, 0.15) is 0 Å². The number of carbonyl (C=O) groups excluding carboxylic acids is 1. The van der Waals surface area contributed by atoms with Gasteiger partial charge in [-0.05, 0) is 36.6 Å². The third kappa shape index (κ3) is 3.84. The van der Waals surface area contributed by atoms with Crippen molar-refractivity contribution in [2.75, 3.05) is 25.8 Å². The van der Waals surface area contributed by atoms with E-state index in [-0.39, 0.29) is 5.91 Å². The molecule has 0 atom stereocenters. The molecular weight excluding hydrogens is 368 g/mol. The van der Waals surface area contributed by atoms with Gasteiger partial charge in [0.25, 0.3) is 5.91 Å². The number of nitrogens with one attached hydrogen (secondary N) is 1. The van der Waals surface area contributed by atoms with Crippen LogP contribution in [0.15, 0.2) is 52.7 Å². The summed E-state index contributed by atoms with van der Waals surface area (Å²) in [6.45, 7) is 0. The molecular formula is C19H18N2O3S2. The topological polar surface area (TPSA) is 60.5 Å². The lowest BCUT2D eigenvalue weighted by molar-refractivity contribution is 0.102. The normalized spacial score (nSPS) is 10.4. The third-order valence-electron chi connectivity index (χ3n) is 3.76. The lowest BCUT2D eigenvalue weighted by Crippen LogP contribution is -2.12. The molecule has 0 saturated carbocycles. The molecule has 5 nitrogen and oxygen atoms in total. The summed E-state index contributed by atoms with van der Waals surface area (Å²) in [6, 6.07) is 13.1. The van der Waals surface area contributed by atoms with Crippen molar-refractivity contribution in [3.8, 4) is 22.8 Å². The van der Waals surface area contributed by atoms with Gasteiger partial charge >= 0.3 is 0 Å². The Balaban J connectivity index is 1.81. The van der Waals surface area contributed by atoms with Crippen molar-refractivity contribution in [1.29, 1.82) is 0 Å². The highest BCUT2D eigenvalue weighted by atomic mass is 32.2. The largest absolute Gasteiger partial charge is 0.493 e. The maximum absolute atomic E-state index is 12.5. The fourth-order valence-electron chi connectivity index (χ4n) is 2.46. The number of anilines is 1. The molecule has 2 aromatic carbocycles. The van der Waals surface area contributed by atoms with Crippen molar-refractivity contribution >= 4 is 34.1 Å². The van der Waals surface area contributed by atoms with Crippen molar-refractivity contribution < 1.29 is 14.3 Å². The summed E-state index contributed by atoms with van der Waals surface area (Å²) in [7, 11) is 3.19. The van der Waals surface area contributed by atoms with Gasteiger partial charge < -0.3 is 9.47 Å². The Morgan fingerprint density at radius 3 is 2.62 bits per heavy atom. The molecule has 0 unspecified atom stereocenters. The molecule has 26 heavy (non-hydrogen) atoms. The van der Waals surface area contributed by atoms with Gasteiger partial charge in [0, 0.05) is 15.8 Å². The van der Waals surface area contributed by atoms with E-state index in [1.54, 1.807) is 26.0 Å². The van der Waals surface area contributed by atoms with E-state index in [1.165, 1.54) is 11.3 Å². The average molecular weight is 386 g/mol. The number of thioether (sulfide) groups is 1. The minimum absolute atomic E-state index is 0.164. The molecule has 1 N–H and O–H groups in total. The van der Waals surface area contributed by atoms with Gasteiger partial charge in [-0.15, -0.1) is 23.1 Å². The number of thiazole rings is 1. The van der Waals surface area contributed by atoms with E-state index in [4.69, 9.17) is 9.47 Å². The van der Waals surface area contributed by atoms with E-state index in [2.05, 4.69) is 10.3 Å². The van der Waals surface area contributed by atoms with Gasteiger partial charge in [0.2, 0.25) is 0 Å². The fourth-order valence-corrected chi connectivity index (χ4v) is 3.77. The Morgan fingerprint density at radius 2 is 1.88 bits per heavy atom. The van der Waals surface area contributed by atoms with E-state index < -0.39 is 0 Å². The highest BCUT2D eigenvalue weighted by molar-refractivity contribution is 7.98. The van der Waals surface area contributed by atoms with Crippen LogP contribution in [0.1, 0.15) is 10.4 Å². The average Bonchev–Trinajstić information content (AvgIpc) is 3.15. The lowest BCUT2D eigenvalue weighted by atomic mass is 10.1. The van der Waals surface area contributed by atoms with Crippen LogP contribution in [0, 0.1) is 0 Å². The molecule has 0 fully saturated rings. The first-order chi connectivity index (χ1) is 12.7. The van der Waals surface area contributed by atoms with Crippen molar-refractivity contribution in [3.05, 3.63) is 53.4 Å². The molecule has 0 bridgehead atoms. The van der Waals surface area contributed by atoms with E-state index in [0.29, 0.717) is 22.2 Å². The maximum atomic E-state index is 12.5. The summed E-state index contributed by atoms with van der Waals surface area (Å²) in [5.41, 5.74) is 2.30. The first kappa shape index (κ1) is 18.3. The minimum Gasteiger partial charge on any atom is -0.493 e. The monoisotopic (exact) mass is 386 g/mol. The molecule has 0 aliphatic heterocycles. The number of hydrogen-bond acceptors (Lipinski definition) is 6. The number of methoxy groups -OCH3 is 2. The summed E-state index contributed by atoms with van der Waals surface area (Å²) in [4.78, 5) is 18.0. The number of carbonyl (C=O) groups is 1. The smallest absolute Gasteiger partial charge is 0.258 e. The third-order valence-corrected chi connectivity index (χ3v) is 5.31. The number of benzene rings is 2. The maximum Gasteiger partial charge on any atom is 0.258 e. The molecule has 0 aliphatic carbocycles. The second kappa shape index (κ2) is 8.25. The zero-order chi connectivity index (χ0) is 18.5. The molecule has 0 aliphatic rings. The van der Waals surface area contributed by atoms with Crippen LogP contribution in [0.5, 0.6) is 11.5 Å². The molecule has 1 amide bonds. The summed E-state index contributed by atoms with van der Waals surface area (Å²) in [6.07, 6.45) is 1.95. The number of hydrogen-bond donors (Lipinski definition) is 1. The van der Waals surface area contributed by atoms with Crippen molar-refractivity contribution in [2.24, 2.45) is 0 Å². The summed E-state index contributed by atoms with van der Waals surface area (Å²) in [5, 5.41) is 5.33. The molecule has 0 spiro atoms. The van der Waals surface area contributed by atoms with Gasteiger partial charge in [-0.25, -0.2) is 4.98 Å². The molecule has 1 aromatic heterocycles. The molecule has 3 aromatic rings. The van der Waals surface area contributed by atoms with E-state index >= 15 is 0 Å². The number of rotatable bonds is 6.